The molecule has 1 amide bonds. The van der Waals surface area contributed by atoms with E-state index in [0.29, 0.717) is 27.8 Å². The van der Waals surface area contributed by atoms with Crippen LogP contribution < -0.4 is 10.1 Å². The highest BCUT2D eigenvalue weighted by atomic mass is 35.5. The number of furan rings is 1. The summed E-state index contributed by atoms with van der Waals surface area (Å²) in [6.07, 6.45) is 1.30. The normalized spacial score (nSPS) is 11.5. The van der Waals surface area contributed by atoms with Crippen LogP contribution in [0.4, 0.5) is 10.1 Å². The second-order valence-electron chi connectivity index (χ2n) is 7.05. The van der Waals surface area contributed by atoms with Gasteiger partial charge in [0, 0.05) is 21.8 Å². The van der Waals surface area contributed by atoms with Crippen molar-refractivity contribution in [2.24, 2.45) is 5.10 Å². The Labute approximate surface area is 199 Å². The number of hydrazone groups is 1. The first kappa shape index (κ1) is 23.2. The molecule has 0 aliphatic heterocycles. The summed E-state index contributed by atoms with van der Waals surface area (Å²) in [7, 11) is -3.92. The molecule has 0 saturated carbocycles. The molecule has 0 spiro atoms. The highest BCUT2D eigenvalue weighted by Crippen LogP contribution is 2.22. The molecule has 7 nitrogen and oxygen atoms in total. The monoisotopic (exact) mass is 497 g/mol. The van der Waals surface area contributed by atoms with E-state index < -0.39 is 15.9 Å². The molecule has 34 heavy (non-hydrogen) atoms. The van der Waals surface area contributed by atoms with Gasteiger partial charge in [0.1, 0.15) is 17.3 Å². The summed E-state index contributed by atoms with van der Waals surface area (Å²) < 4.78 is 46.4. The van der Waals surface area contributed by atoms with Crippen molar-refractivity contribution in [1.82, 2.24) is 5.43 Å². The van der Waals surface area contributed by atoms with Crippen LogP contribution in [0, 0.1) is 5.82 Å². The number of benzene rings is 3. The minimum atomic E-state index is -3.92. The van der Waals surface area contributed by atoms with Gasteiger partial charge >= 0.3 is 0 Å². The van der Waals surface area contributed by atoms with Gasteiger partial charge in [-0.05, 0) is 78.9 Å². The van der Waals surface area contributed by atoms with E-state index in [9.17, 15) is 17.6 Å². The van der Waals surface area contributed by atoms with Gasteiger partial charge in [-0.25, -0.2) is 18.2 Å². The summed E-state index contributed by atoms with van der Waals surface area (Å²) in [6, 6.07) is 20.9. The first-order chi connectivity index (χ1) is 16.3. The molecule has 0 radical (unpaired) electrons. The molecule has 10 heteroatoms. The number of halogens is 2. The number of nitrogens with zero attached hydrogens (tertiary/aromatic N) is 1. The molecule has 0 atom stereocenters. The zero-order valence-electron chi connectivity index (χ0n) is 17.4. The SMILES string of the molecule is O=C(N/N=C/c1ccc(-c2ccc(F)cc2)o1)c1cccc(S(=O)(=O)Nc2ccc(Cl)cc2)c1. The molecule has 0 fully saturated rings. The van der Waals surface area contributed by atoms with Crippen molar-refractivity contribution in [3.63, 3.8) is 0 Å². The fourth-order valence-electron chi connectivity index (χ4n) is 2.95. The lowest BCUT2D eigenvalue weighted by Crippen LogP contribution is -2.19. The molecule has 0 saturated heterocycles. The number of hydrogen-bond donors (Lipinski definition) is 2. The van der Waals surface area contributed by atoms with Crippen LogP contribution in [0.5, 0.6) is 0 Å². The predicted molar refractivity (Wildman–Crippen MR) is 128 cm³/mol. The summed E-state index contributed by atoms with van der Waals surface area (Å²) in [5.74, 6) is -0.0791. The highest BCUT2D eigenvalue weighted by molar-refractivity contribution is 7.92. The van der Waals surface area contributed by atoms with Crippen molar-refractivity contribution in [3.05, 3.63) is 107 Å². The van der Waals surface area contributed by atoms with E-state index in [0.717, 1.165) is 0 Å². The number of carbonyl (C=O) groups excluding carboxylic acids is 1. The standard InChI is InChI=1S/C24H17ClFN3O4S/c25-18-6-10-20(11-7-18)29-34(31,32)22-3-1-2-17(14-22)24(30)28-27-15-21-12-13-23(33-21)16-4-8-19(26)9-5-16/h1-15,29H,(H,28,30)/b27-15+. The van der Waals surface area contributed by atoms with E-state index in [2.05, 4.69) is 15.2 Å². The number of rotatable bonds is 7. The van der Waals surface area contributed by atoms with Crippen LogP contribution in [-0.4, -0.2) is 20.5 Å². The average molecular weight is 498 g/mol. The highest BCUT2D eigenvalue weighted by Gasteiger charge is 2.16. The first-order valence-corrected chi connectivity index (χ1v) is 11.7. The van der Waals surface area contributed by atoms with E-state index in [1.54, 1.807) is 36.4 Å². The lowest BCUT2D eigenvalue weighted by atomic mass is 10.2. The molecule has 1 heterocycles. The van der Waals surface area contributed by atoms with E-state index in [-0.39, 0.29) is 16.3 Å². The Hall–Kier alpha value is -3.95. The van der Waals surface area contributed by atoms with Gasteiger partial charge in [0.25, 0.3) is 15.9 Å². The van der Waals surface area contributed by atoms with Gasteiger partial charge in [-0.15, -0.1) is 0 Å². The van der Waals surface area contributed by atoms with Crippen molar-refractivity contribution in [1.29, 1.82) is 0 Å². The molecular weight excluding hydrogens is 481 g/mol. The minimum absolute atomic E-state index is 0.0888. The van der Waals surface area contributed by atoms with Crippen molar-refractivity contribution in [2.45, 2.75) is 4.90 Å². The summed E-state index contributed by atoms with van der Waals surface area (Å²) in [6.45, 7) is 0. The molecule has 0 unspecified atom stereocenters. The number of anilines is 1. The third-order valence-electron chi connectivity index (χ3n) is 4.62. The van der Waals surface area contributed by atoms with Crippen LogP contribution in [0.1, 0.15) is 16.1 Å². The maximum Gasteiger partial charge on any atom is 0.271 e. The zero-order valence-corrected chi connectivity index (χ0v) is 19.0. The number of amides is 1. The quantitative estimate of drug-likeness (QED) is 0.267. The lowest BCUT2D eigenvalue weighted by Gasteiger charge is -2.09. The Morgan fingerprint density at radius 2 is 1.71 bits per heavy atom. The van der Waals surface area contributed by atoms with E-state index in [1.165, 1.54) is 54.7 Å². The number of sulfonamides is 1. The molecule has 1 aromatic heterocycles. The Balaban J connectivity index is 1.42. The minimum Gasteiger partial charge on any atom is -0.455 e. The van der Waals surface area contributed by atoms with Crippen LogP contribution in [0.25, 0.3) is 11.3 Å². The molecule has 2 N–H and O–H groups in total. The second-order valence-corrected chi connectivity index (χ2v) is 9.17. The lowest BCUT2D eigenvalue weighted by molar-refractivity contribution is 0.0955. The third kappa shape index (κ3) is 5.69. The van der Waals surface area contributed by atoms with Gasteiger partial charge in [0.2, 0.25) is 0 Å². The van der Waals surface area contributed by atoms with Gasteiger partial charge < -0.3 is 4.42 Å². The van der Waals surface area contributed by atoms with Crippen LogP contribution in [-0.2, 0) is 10.0 Å². The molecule has 0 aliphatic carbocycles. The maximum atomic E-state index is 13.1. The fourth-order valence-corrected chi connectivity index (χ4v) is 4.18. The fraction of sp³-hybridized carbons (Fsp3) is 0. The van der Waals surface area contributed by atoms with Gasteiger partial charge in [-0.2, -0.15) is 5.10 Å². The van der Waals surface area contributed by atoms with Crippen molar-refractivity contribution in [3.8, 4) is 11.3 Å². The van der Waals surface area contributed by atoms with Crippen LogP contribution in [0.2, 0.25) is 5.02 Å². The number of hydrogen-bond acceptors (Lipinski definition) is 5. The van der Waals surface area contributed by atoms with E-state index >= 15 is 0 Å². The van der Waals surface area contributed by atoms with E-state index in [1.807, 2.05) is 0 Å². The smallest absolute Gasteiger partial charge is 0.271 e. The predicted octanol–water partition coefficient (Wildman–Crippen LogP) is 5.30. The Kier molecular flexibility index (Phi) is 6.76. The molecule has 4 aromatic rings. The maximum absolute atomic E-state index is 13.1. The summed E-state index contributed by atoms with van der Waals surface area (Å²) in [5.41, 5.74) is 3.45. The topological polar surface area (TPSA) is 101 Å². The molecule has 3 aromatic carbocycles. The van der Waals surface area contributed by atoms with Crippen LogP contribution in [0.3, 0.4) is 0 Å². The molecule has 172 valence electrons. The Morgan fingerprint density at radius 1 is 0.971 bits per heavy atom. The molecular formula is C24H17ClFN3O4S. The number of carbonyl (C=O) groups is 1. The first-order valence-electron chi connectivity index (χ1n) is 9.88. The van der Waals surface area contributed by atoms with E-state index in [4.69, 9.17) is 16.0 Å². The Bertz CT molecular complexity index is 1450. The average Bonchev–Trinajstić information content (AvgIpc) is 3.30. The van der Waals surface area contributed by atoms with Gasteiger partial charge in [0.15, 0.2) is 0 Å². The largest absolute Gasteiger partial charge is 0.455 e. The van der Waals surface area contributed by atoms with Gasteiger partial charge in [-0.3, -0.25) is 9.52 Å². The summed E-state index contributed by atoms with van der Waals surface area (Å²) in [5, 5.41) is 4.33. The Morgan fingerprint density at radius 3 is 2.44 bits per heavy atom. The summed E-state index contributed by atoms with van der Waals surface area (Å²) >= 11 is 5.82. The van der Waals surface area contributed by atoms with Crippen molar-refractivity contribution >= 4 is 39.4 Å². The van der Waals surface area contributed by atoms with Gasteiger partial charge in [-0.1, -0.05) is 17.7 Å². The van der Waals surface area contributed by atoms with Crippen LogP contribution >= 0.6 is 11.6 Å². The third-order valence-corrected chi connectivity index (χ3v) is 6.25. The zero-order chi connectivity index (χ0) is 24.1. The molecule has 0 aliphatic rings. The van der Waals surface area contributed by atoms with Gasteiger partial charge in [0.05, 0.1) is 11.1 Å². The molecule has 4 rings (SSSR count). The van der Waals surface area contributed by atoms with Crippen LogP contribution in [0.15, 0.2) is 99.3 Å². The molecule has 0 bridgehead atoms. The van der Waals surface area contributed by atoms with Crippen molar-refractivity contribution in [2.75, 3.05) is 4.72 Å². The van der Waals surface area contributed by atoms with Crippen molar-refractivity contribution < 1.29 is 22.0 Å². The summed E-state index contributed by atoms with van der Waals surface area (Å²) in [4.78, 5) is 12.4. The second kappa shape index (κ2) is 9.90. The number of nitrogens with one attached hydrogen (secondary N) is 2.